The molecule has 0 heterocycles. The Hall–Kier alpha value is -1.86. The number of aliphatic hydroxyl groups excluding tert-OH is 1. The molecule has 170 valence electrons. The summed E-state index contributed by atoms with van der Waals surface area (Å²) < 4.78 is 15.5. The highest BCUT2D eigenvalue weighted by Crippen LogP contribution is 2.68. The molecule has 0 aromatic carbocycles. The Labute approximate surface area is 186 Å². The number of alkyl halides is 1. The number of methoxy groups -OCH3 is 1. The number of hydrogen-bond donors (Lipinski definition) is 1. The minimum absolute atomic E-state index is 0.0174. The van der Waals surface area contributed by atoms with Crippen LogP contribution >= 0.6 is 11.6 Å². The number of aliphatic hydroxyl groups is 1. The molecule has 7 nitrogen and oxygen atoms in total. The largest absolute Gasteiger partial charge is 0.509 e. The van der Waals surface area contributed by atoms with Crippen LogP contribution in [0.1, 0.15) is 46.0 Å². The van der Waals surface area contributed by atoms with Crippen LogP contribution in [0.15, 0.2) is 23.8 Å². The number of fused-ring (bicyclic) bond motifs is 5. The number of esters is 1. The van der Waals surface area contributed by atoms with Crippen molar-refractivity contribution in [3.63, 3.8) is 0 Å². The second kappa shape index (κ2) is 7.62. The highest BCUT2D eigenvalue weighted by molar-refractivity contribution is 6.17. The predicted octanol–water partition coefficient (Wildman–Crippen LogP) is 3.53. The van der Waals surface area contributed by atoms with Crippen molar-refractivity contribution in [2.24, 2.45) is 28.6 Å². The number of carbonyl (C=O) groups is 3. The summed E-state index contributed by atoms with van der Waals surface area (Å²) >= 11 is 5.67. The Morgan fingerprint density at radius 2 is 2.03 bits per heavy atom. The molecule has 0 aliphatic heterocycles. The summed E-state index contributed by atoms with van der Waals surface area (Å²) in [7, 11) is 1.19. The first kappa shape index (κ1) is 22.3. The van der Waals surface area contributed by atoms with Crippen molar-refractivity contribution in [3.8, 4) is 0 Å². The van der Waals surface area contributed by atoms with E-state index in [1.807, 2.05) is 13.0 Å². The summed E-state index contributed by atoms with van der Waals surface area (Å²) in [5.74, 6) is -0.683. The monoisotopic (exact) mass is 452 g/mol. The molecule has 4 rings (SSSR count). The van der Waals surface area contributed by atoms with Gasteiger partial charge in [0.15, 0.2) is 11.8 Å². The Morgan fingerprint density at radius 3 is 2.71 bits per heavy atom. The number of rotatable bonds is 3. The Balaban J connectivity index is 1.75. The summed E-state index contributed by atoms with van der Waals surface area (Å²) in [5, 5.41) is 11.4. The molecule has 0 saturated heterocycles. The van der Waals surface area contributed by atoms with Gasteiger partial charge in [-0.2, -0.15) is 0 Å². The average molecular weight is 453 g/mol. The standard InChI is InChI=1S/C23H29ClO7/c1-21-8-6-14(25)10-13(21)4-5-15-16-7-9-23(19(27)30-12-24,31-20(28)29-3)22(16,2)11-17(26)18(15)21/h6,8,10,15-18,26H,4-5,7,9,11-12H2,1-3H3. The van der Waals surface area contributed by atoms with Gasteiger partial charge >= 0.3 is 12.1 Å². The van der Waals surface area contributed by atoms with E-state index in [0.29, 0.717) is 6.42 Å². The molecule has 7 atom stereocenters. The minimum Gasteiger partial charge on any atom is -0.446 e. The van der Waals surface area contributed by atoms with Crippen LogP contribution in [0.5, 0.6) is 0 Å². The highest BCUT2D eigenvalue weighted by atomic mass is 35.5. The summed E-state index contributed by atoms with van der Waals surface area (Å²) in [5.41, 5.74) is -1.76. The molecule has 0 amide bonds. The van der Waals surface area contributed by atoms with E-state index in [-0.39, 0.29) is 42.4 Å². The second-order valence-corrected chi connectivity index (χ2v) is 9.89. The van der Waals surface area contributed by atoms with Crippen molar-refractivity contribution in [3.05, 3.63) is 23.8 Å². The lowest BCUT2D eigenvalue weighted by Crippen LogP contribution is -2.62. The predicted molar refractivity (Wildman–Crippen MR) is 111 cm³/mol. The second-order valence-electron chi connectivity index (χ2n) is 9.67. The number of hydrogen-bond acceptors (Lipinski definition) is 7. The van der Waals surface area contributed by atoms with Crippen molar-refractivity contribution >= 4 is 29.5 Å². The highest BCUT2D eigenvalue weighted by Gasteiger charge is 2.71. The zero-order chi connectivity index (χ0) is 22.6. The molecule has 0 spiro atoms. The van der Waals surface area contributed by atoms with Crippen molar-refractivity contribution in [2.75, 3.05) is 13.2 Å². The molecule has 0 aromatic rings. The topological polar surface area (TPSA) is 99.1 Å². The third-order valence-corrected chi connectivity index (χ3v) is 8.66. The van der Waals surface area contributed by atoms with Crippen molar-refractivity contribution in [1.29, 1.82) is 0 Å². The van der Waals surface area contributed by atoms with E-state index in [9.17, 15) is 19.5 Å². The Morgan fingerprint density at radius 1 is 1.29 bits per heavy atom. The summed E-state index contributed by atoms with van der Waals surface area (Å²) in [6, 6.07) is -0.356. The van der Waals surface area contributed by atoms with Crippen LogP contribution in [0.2, 0.25) is 0 Å². The third-order valence-electron chi connectivity index (χ3n) is 8.56. The lowest BCUT2D eigenvalue weighted by Gasteiger charge is -2.59. The van der Waals surface area contributed by atoms with E-state index >= 15 is 0 Å². The van der Waals surface area contributed by atoms with E-state index in [1.165, 1.54) is 7.11 Å². The molecule has 0 aromatic heterocycles. The van der Waals surface area contributed by atoms with Gasteiger partial charge in [-0.15, -0.1) is 0 Å². The van der Waals surface area contributed by atoms with Gasteiger partial charge in [-0.05, 0) is 56.1 Å². The van der Waals surface area contributed by atoms with Gasteiger partial charge in [0, 0.05) is 16.7 Å². The molecule has 3 fully saturated rings. The summed E-state index contributed by atoms with van der Waals surface area (Å²) in [6.45, 7) is 3.98. The van der Waals surface area contributed by atoms with Gasteiger partial charge in [0.25, 0.3) is 0 Å². The molecule has 7 unspecified atom stereocenters. The number of ketones is 1. The van der Waals surface area contributed by atoms with E-state index < -0.39 is 34.7 Å². The maximum Gasteiger partial charge on any atom is 0.509 e. The maximum atomic E-state index is 13.1. The number of ether oxygens (including phenoxy) is 3. The summed E-state index contributed by atoms with van der Waals surface area (Å²) in [6.07, 6.45) is 6.25. The van der Waals surface area contributed by atoms with Crippen LogP contribution in [0.25, 0.3) is 0 Å². The SMILES string of the molecule is COC(=O)OC1(C(=O)OCCl)CCC2C3CCC4=CC(=O)C=CC4(C)C3C(O)CC21C. The lowest BCUT2D eigenvalue weighted by molar-refractivity contribution is -0.199. The zero-order valence-corrected chi connectivity index (χ0v) is 18.8. The molecule has 0 bridgehead atoms. The minimum atomic E-state index is -1.57. The van der Waals surface area contributed by atoms with Crippen LogP contribution in [0.3, 0.4) is 0 Å². The Bertz CT molecular complexity index is 866. The van der Waals surface area contributed by atoms with E-state index in [1.54, 1.807) is 12.2 Å². The fraction of sp³-hybridized carbons (Fsp3) is 0.696. The molecular formula is C23H29ClO7. The van der Waals surface area contributed by atoms with Gasteiger partial charge in [0.1, 0.15) is 0 Å². The first-order chi connectivity index (χ1) is 14.6. The van der Waals surface area contributed by atoms with Crippen LogP contribution in [0.4, 0.5) is 4.79 Å². The van der Waals surface area contributed by atoms with Gasteiger partial charge in [-0.1, -0.05) is 37.1 Å². The fourth-order valence-corrected chi connectivity index (χ4v) is 7.31. The van der Waals surface area contributed by atoms with E-state index in [2.05, 4.69) is 6.92 Å². The van der Waals surface area contributed by atoms with Gasteiger partial charge in [-0.25, -0.2) is 9.59 Å². The normalized spacial score (nSPS) is 43.3. The van der Waals surface area contributed by atoms with E-state index in [4.69, 9.17) is 25.8 Å². The molecule has 0 radical (unpaired) electrons. The first-order valence-electron chi connectivity index (χ1n) is 10.8. The van der Waals surface area contributed by atoms with Crippen LogP contribution in [0, 0.1) is 28.6 Å². The zero-order valence-electron chi connectivity index (χ0n) is 18.1. The molecule has 4 aliphatic carbocycles. The van der Waals surface area contributed by atoms with E-state index in [0.717, 1.165) is 18.4 Å². The quantitative estimate of drug-likeness (QED) is 0.516. The first-order valence-corrected chi connectivity index (χ1v) is 11.3. The van der Waals surface area contributed by atoms with Crippen molar-refractivity contribution < 1.29 is 33.7 Å². The molecule has 3 saturated carbocycles. The van der Waals surface area contributed by atoms with Crippen LogP contribution < -0.4 is 0 Å². The fourth-order valence-electron chi connectivity index (χ4n) is 7.21. The third kappa shape index (κ3) is 3.07. The smallest absolute Gasteiger partial charge is 0.446 e. The van der Waals surface area contributed by atoms with Crippen molar-refractivity contribution in [1.82, 2.24) is 0 Å². The maximum absolute atomic E-state index is 13.1. The molecule has 1 N–H and O–H groups in total. The number of carbonyl (C=O) groups excluding carboxylic acids is 3. The van der Waals surface area contributed by atoms with Gasteiger partial charge in [-0.3, -0.25) is 4.79 Å². The molecule has 8 heteroatoms. The average Bonchev–Trinajstić information content (AvgIpc) is 3.01. The molecule has 4 aliphatic rings. The number of halogens is 1. The van der Waals surface area contributed by atoms with Gasteiger partial charge < -0.3 is 19.3 Å². The van der Waals surface area contributed by atoms with Gasteiger partial charge in [0.2, 0.25) is 5.60 Å². The number of allylic oxidation sites excluding steroid dienone is 4. The van der Waals surface area contributed by atoms with Crippen molar-refractivity contribution in [2.45, 2.75) is 57.7 Å². The van der Waals surface area contributed by atoms with Crippen LogP contribution in [-0.4, -0.2) is 47.9 Å². The van der Waals surface area contributed by atoms with Crippen LogP contribution in [-0.2, 0) is 23.8 Å². The lowest BCUT2D eigenvalue weighted by atomic mass is 9.46. The molecular weight excluding hydrogens is 424 g/mol. The Kier molecular flexibility index (Phi) is 5.49. The molecule has 31 heavy (non-hydrogen) atoms. The van der Waals surface area contributed by atoms with Gasteiger partial charge in [0.05, 0.1) is 13.2 Å². The summed E-state index contributed by atoms with van der Waals surface area (Å²) in [4.78, 5) is 37.2.